The largest absolute Gasteiger partial charge is 0.506 e. The third-order valence-corrected chi connectivity index (χ3v) is 7.69. The first-order valence-electron chi connectivity index (χ1n) is 10.4. The fourth-order valence-corrected chi connectivity index (χ4v) is 5.16. The van der Waals surface area contributed by atoms with E-state index >= 15 is 0 Å². The van der Waals surface area contributed by atoms with Crippen molar-refractivity contribution >= 4 is 153 Å². The van der Waals surface area contributed by atoms with Gasteiger partial charge < -0.3 is 5.11 Å². The molecule has 4 aromatic rings. The first kappa shape index (κ1) is 38.9. The molecule has 3 radical (unpaired) electrons. The van der Waals surface area contributed by atoms with Gasteiger partial charge in [-0.2, -0.15) is 40.6 Å². The van der Waals surface area contributed by atoms with E-state index in [9.17, 15) is 39.5 Å². The predicted octanol–water partition coefficient (Wildman–Crippen LogP) is 3.97. The first-order valence-corrected chi connectivity index (χ1v) is 14.7. The van der Waals surface area contributed by atoms with Crippen LogP contribution in [0.25, 0.3) is 10.8 Å². The van der Waals surface area contributed by atoms with Gasteiger partial charge in [-0.25, -0.2) is 0 Å². The SMILES string of the molecule is O=S(=O)(O)c1ccc(N=Nc2ccc(N=Nc3c(O)ccc4cc(S(=O)(=O)O)cc(S(=O)(=O)O)c34)cc2)cc1.[Na].[Na].[Na]. The summed E-state index contributed by atoms with van der Waals surface area (Å²) in [7, 11) is -14.2. The quantitative estimate of drug-likeness (QED) is 0.126. The zero-order valence-corrected chi connectivity index (χ0v) is 30.6. The van der Waals surface area contributed by atoms with Crippen LogP contribution in [0.2, 0.25) is 0 Å². The van der Waals surface area contributed by atoms with Crippen molar-refractivity contribution in [2.75, 3.05) is 0 Å². The van der Waals surface area contributed by atoms with Crippen molar-refractivity contribution < 1.29 is 44.0 Å². The topological polar surface area (TPSA) is 233 Å². The Hall–Kier alpha value is -1.13. The number of nitrogens with zero attached hydrogens (tertiary/aromatic N) is 4. The average molecular weight is 662 g/mol. The van der Waals surface area contributed by atoms with Crippen LogP contribution < -0.4 is 0 Å². The number of aromatic hydroxyl groups is 1. The first-order chi connectivity index (χ1) is 18.1. The second kappa shape index (κ2) is 15.2. The third-order valence-electron chi connectivity index (χ3n) is 5.11. The molecule has 0 saturated heterocycles. The van der Waals surface area contributed by atoms with Crippen LogP contribution in [0.3, 0.4) is 0 Å². The third kappa shape index (κ3) is 9.68. The molecule has 20 heteroatoms. The summed E-state index contributed by atoms with van der Waals surface area (Å²) in [5, 5.41) is 25.7. The monoisotopic (exact) mass is 661 g/mol. The number of benzene rings is 4. The molecule has 14 nitrogen and oxygen atoms in total. The smallest absolute Gasteiger partial charge is 0.295 e. The van der Waals surface area contributed by atoms with Crippen LogP contribution in [-0.4, -0.2) is 133 Å². The standard InChI is InChI=1S/C22H16N4O10S3.3Na/c27-19-10-1-13-11-18(38(31,32)33)12-20(39(34,35)36)21(13)22(19)26-25-15-4-2-14(3-5-15)23-24-16-6-8-17(9-7-16)37(28,29)30;;;/h1-12,27H,(H,28,29,30)(H,31,32,33)(H,34,35,36);;;. The second-order valence-corrected chi connectivity index (χ2v) is 12.0. The maximum absolute atomic E-state index is 12.0. The fourth-order valence-electron chi connectivity index (χ4n) is 3.32. The molecular formula is C22H16N4Na3O10S3. The molecule has 205 valence electrons. The van der Waals surface area contributed by atoms with Crippen LogP contribution >= 0.6 is 0 Å². The average Bonchev–Trinajstić information content (AvgIpc) is 2.85. The summed E-state index contributed by atoms with van der Waals surface area (Å²) < 4.78 is 97.3. The molecule has 0 fully saturated rings. The van der Waals surface area contributed by atoms with Gasteiger partial charge in [0.25, 0.3) is 30.4 Å². The van der Waals surface area contributed by atoms with E-state index in [4.69, 9.17) is 4.55 Å². The van der Waals surface area contributed by atoms with Crippen molar-refractivity contribution in [3.63, 3.8) is 0 Å². The Morgan fingerprint density at radius 1 is 0.500 bits per heavy atom. The van der Waals surface area contributed by atoms with Crippen molar-refractivity contribution in [1.82, 2.24) is 0 Å². The maximum atomic E-state index is 12.0. The van der Waals surface area contributed by atoms with E-state index in [0.717, 1.165) is 24.3 Å². The van der Waals surface area contributed by atoms with Crippen molar-refractivity contribution in [2.45, 2.75) is 14.7 Å². The van der Waals surface area contributed by atoms with Crippen molar-refractivity contribution in [1.29, 1.82) is 0 Å². The molecule has 0 aliphatic rings. The van der Waals surface area contributed by atoms with Crippen LogP contribution in [0.5, 0.6) is 5.75 Å². The molecule has 0 atom stereocenters. The number of phenols is 1. The van der Waals surface area contributed by atoms with Gasteiger partial charge in [-0.05, 0) is 72.1 Å². The van der Waals surface area contributed by atoms with Crippen LogP contribution in [0, 0.1) is 0 Å². The molecule has 0 bridgehead atoms. The number of fused-ring (bicyclic) bond motifs is 1. The van der Waals surface area contributed by atoms with Crippen molar-refractivity contribution in [2.24, 2.45) is 20.5 Å². The molecule has 0 aliphatic heterocycles. The van der Waals surface area contributed by atoms with Gasteiger partial charge in [-0.15, -0.1) is 5.11 Å². The Morgan fingerprint density at radius 2 is 0.929 bits per heavy atom. The van der Waals surface area contributed by atoms with E-state index < -0.39 is 45.9 Å². The summed E-state index contributed by atoms with van der Waals surface area (Å²) in [5.41, 5.74) is 0.515. The summed E-state index contributed by atoms with van der Waals surface area (Å²) in [6, 6.07) is 14.6. The van der Waals surface area contributed by atoms with E-state index in [-0.39, 0.29) is 116 Å². The Morgan fingerprint density at radius 3 is 1.36 bits per heavy atom. The summed E-state index contributed by atoms with van der Waals surface area (Å²) in [4.78, 5) is -2.01. The number of phenolic OH excluding ortho intramolecular Hbond substituents is 1. The van der Waals surface area contributed by atoms with Crippen LogP contribution in [0.15, 0.2) is 108 Å². The Kier molecular flexibility index (Phi) is 14.1. The summed E-state index contributed by atoms with van der Waals surface area (Å²) in [5.74, 6) is -0.527. The Labute approximate surface area is 306 Å². The van der Waals surface area contributed by atoms with Crippen LogP contribution in [0.1, 0.15) is 0 Å². The number of azo groups is 2. The minimum absolute atomic E-state index is 0. The van der Waals surface area contributed by atoms with Gasteiger partial charge in [0.15, 0.2) is 0 Å². The zero-order valence-electron chi connectivity index (χ0n) is 22.2. The van der Waals surface area contributed by atoms with Crippen LogP contribution in [-0.2, 0) is 30.4 Å². The van der Waals surface area contributed by atoms with Crippen LogP contribution in [0.4, 0.5) is 22.7 Å². The zero-order chi connectivity index (χ0) is 28.6. The van der Waals surface area contributed by atoms with E-state index in [2.05, 4.69) is 20.5 Å². The van der Waals surface area contributed by atoms with Gasteiger partial charge in [-0.3, -0.25) is 13.7 Å². The Balaban J connectivity index is 0.00000294. The molecule has 0 aliphatic carbocycles. The molecule has 0 aromatic heterocycles. The molecule has 0 heterocycles. The normalized spacial score (nSPS) is 12.1. The van der Waals surface area contributed by atoms with Gasteiger partial charge in [0.2, 0.25) is 0 Å². The van der Waals surface area contributed by atoms with Gasteiger partial charge in [0, 0.05) is 94.1 Å². The number of hydrogen-bond acceptors (Lipinski definition) is 11. The molecule has 0 amide bonds. The number of rotatable bonds is 7. The minimum atomic E-state index is -5.03. The summed E-state index contributed by atoms with van der Waals surface area (Å²) in [6.45, 7) is 0. The number of hydrogen-bond donors (Lipinski definition) is 4. The molecule has 4 N–H and O–H groups in total. The molecule has 0 spiro atoms. The van der Waals surface area contributed by atoms with Crippen molar-refractivity contribution in [3.8, 4) is 5.75 Å². The predicted molar refractivity (Wildman–Crippen MR) is 154 cm³/mol. The Bertz CT molecular complexity index is 1990. The van der Waals surface area contributed by atoms with Gasteiger partial charge in [0.05, 0.1) is 26.9 Å². The van der Waals surface area contributed by atoms with Gasteiger partial charge in [-0.1, -0.05) is 6.07 Å². The summed E-state index contributed by atoms with van der Waals surface area (Å²) >= 11 is 0. The summed E-state index contributed by atoms with van der Waals surface area (Å²) in [6.07, 6.45) is 0. The molecule has 0 saturated carbocycles. The molecule has 4 rings (SSSR count). The van der Waals surface area contributed by atoms with Gasteiger partial charge >= 0.3 is 0 Å². The minimum Gasteiger partial charge on any atom is -0.506 e. The van der Waals surface area contributed by atoms with Gasteiger partial charge in [0.1, 0.15) is 16.3 Å². The van der Waals surface area contributed by atoms with E-state index in [1.165, 1.54) is 42.5 Å². The second-order valence-electron chi connectivity index (χ2n) is 7.79. The van der Waals surface area contributed by atoms with E-state index in [1.54, 1.807) is 0 Å². The molecular weight excluding hydrogens is 645 g/mol. The molecule has 42 heavy (non-hydrogen) atoms. The molecule has 4 aromatic carbocycles. The molecule has 0 unspecified atom stereocenters. The van der Waals surface area contributed by atoms with E-state index in [1.807, 2.05) is 0 Å². The fraction of sp³-hybridized carbons (Fsp3) is 0. The van der Waals surface area contributed by atoms with E-state index in [0.29, 0.717) is 17.4 Å². The maximum Gasteiger partial charge on any atom is 0.295 e. The van der Waals surface area contributed by atoms with Crippen molar-refractivity contribution in [3.05, 3.63) is 72.8 Å².